The second kappa shape index (κ2) is 9.25. The van der Waals surface area contributed by atoms with Crippen molar-refractivity contribution in [1.29, 1.82) is 0 Å². The quantitative estimate of drug-likeness (QED) is 0.840. The summed E-state index contributed by atoms with van der Waals surface area (Å²) in [4.78, 5) is 16.4. The molecule has 0 bridgehead atoms. The van der Waals surface area contributed by atoms with E-state index >= 15 is 0 Å². The number of carbonyl (C=O) groups excluding carboxylic acids is 1. The molecule has 1 unspecified atom stereocenters. The number of ether oxygens (including phenoxy) is 1. The van der Waals surface area contributed by atoms with Gasteiger partial charge in [0.05, 0.1) is 6.33 Å². The average Bonchev–Trinajstić information content (AvgIpc) is 2.92. The van der Waals surface area contributed by atoms with Crippen LogP contribution in [0.4, 0.5) is 0 Å². The highest BCUT2D eigenvalue weighted by atomic mass is 35.5. The van der Waals surface area contributed by atoms with Crippen LogP contribution in [0.1, 0.15) is 19.8 Å². The Morgan fingerprint density at radius 3 is 2.67 bits per heavy atom. The van der Waals surface area contributed by atoms with E-state index in [9.17, 15) is 4.79 Å². The molecule has 0 aromatic carbocycles. The second-order valence-electron chi connectivity index (χ2n) is 5.08. The highest BCUT2D eigenvalue weighted by Crippen LogP contribution is 2.22. The first kappa shape index (κ1) is 20.2. The summed E-state index contributed by atoms with van der Waals surface area (Å²) < 4.78 is 7.46. The molecule has 21 heavy (non-hydrogen) atoms. The molecule has 1 amide bonds. The lowest BCUT2D eigenvalue weighted by Crippen LogP contribution is -2.56. The van der Waals surface area contributed by atoms with Crippen LogP contribution in [0.15, 0.2) is 18.7 Å². The number of carbonyl (C=O) groups is 1. The van der Waals surface area contributed by atoms with Gasteiger partial charge >= 0.3 is 0 Å². The Kier molecular flexibility index (Phi) is 8.89. The fraction of sp³-hybridized carbons (Fsp3) is 0.692. The number of halogens is 2. The monoisotopic (exact) mass is 338 g/mol. The molecule has 1 aromatic heterocycles. The molecule has 0 spiro atoms. The minimum absolute atomic E-state index is 0. The van der Waals surface area contributed by atoms with Crippen LogP contribution in [-0.2, 0) is 16.1 Å². The van der Waals surface area contributed by atoms with Crippen LogP contribution >= 0.6 is 24.8 Å². The van der Waals surface area contributed by atoms with Gasteiger partial charge in [-0.1, -0.05) is 0 Å². The number of imidazole rings is 1. The number of amides is 1. The fourth-order valence-corrected chi connectivity index (χ4v) is 2.47. The van der Waals surface area contributed by atoms with Crippen molar-refractivity contribution in [3.8, 4) is 0 Å². The normalized spacial score (nSPS) is 18.0. The SMILES string of the molecule is COC1(C(=O)NC(C)Cn2ccnc2)CCNCC1.Cl.Cl. The number of hydrogen-bond acceptors (Lipinski definition) is 4. The van der Waals surface area contributed by atoms with Crippen molar-refractivity contribution in [1.82, 2.24) is 20.2 Å². The number of piperidine rings is 1. The van der Waals surface area contributed by atoms with Crippen molar-refractivity contribution in [2.24, 2.45) is 0 Å². The summed E-state index contributed by atoms with van der Waals surface area (Å²) in [6.45, 7) is 4.33. The van der Waals surface area contributed by atoms with Gasteiger partial charge in [0.2, 0.25) is 0 Å². The van der Waals surface area contributed by atoms with E-state index in [2.05, 4.69) is 15.6 Å². The second-order valence-corrected chi connectivity index (χ2v) is 5.08. The molecule has 2 rings (SSSR count). The molecule has 1 atom stereocenters. The Labute approximate surface area is 137 Å². The Morgan fingerprint density at radius 1 is 1.48 bits per heavy atom. The van der Waals surface area contributed by atoms with Gasteiger partial charge in [0.15, 0.2) is 0 Å². The summed E-state index contributed by atoms with van der Waals surface area (Å²) in [7, 11) is 1.62. The predicted octanol–water partition coefficient (Wildman–Crippen LogP) is 1.000. The van der Waals surface area contributed by atoms with Gasteiger partial charge in [-0.15, -0.1) is 24.8 Å². The number of nitrogens with zero attached hydrogens (tertiary/aromatic N) is 2. The lowest BCUT2D eigenvalue weighted by Gasteiger charge is -2.35. The maximum atomic E-state index is 12.4. The van der Waals surface area contributed by atoms with Crippen LogP contribution in [0.3, 0.4) is 0 Å². The molecule has 2 N–H and O–H groups in total. The average molecular weight is 339 g/mol. The highest BCUT2D eigenvalue weighted by Gasteiger charge is 2.39. The molecule has 6 nitrogen and oxygen atoms in total. The van der Waals surface area contributed by atoms with E-state index in [1.165, 1.54) is 0 Å². The van der Waals surface area contributed by atoms with Gasteiger partial charge in [0.1, 0.15) is 5.60 Å². The van der Waals surface area contributed by atoms with E-state index in [1.807, 2.05) is 17.7 Å². The maximum Gasteiger partial charge on any atom is 0.252 e. The summed E-state index contributed by atoms with van der Waals surface area (Å²) in [5, 5.41) is 6.29. The zero-order valence-corrected chi connectivity index (χ0v) is 14.0. The number of hydrogen-bond donors (Lipinski definition) is 2. The zero-order chi connectivity index (χ0) is 13.7. The van der Waals surface area contributed by atoms with Crippen molar-refractivity contribution >= 4 is 30.7 Å². The third-order valence-corrected chi connectivity index (χ3v) is 3.64. The van der Waals surface area contributed by atoms with Crippen molar-refractivity contribution in [2.45, 2.75) is 38.0 Å². The lowest BCUT2D eigenvalue weighted by atomic mass is 9.91. The van der Waals surface area contributed by atoms with E-state index in [0.29, 0.717) is 19.4 Å². The van der Waals surface area contributed by atoms with Gasteiger partial charge in [0, 0.05) is 32.1 Å². The summed E-state index contributed by atoms with van der Waals surface area (Å²) in [6.07, 6.45) is 6.80. The van der Waals surface area contributed by atoms with E-state index < -0.39 is 5.60 Å². The van der Waals surface area contributed by atoms with E-state index in [4.69, 9.17) is 4.74 Å². The zero-order valence-electron chi connectivity index (χ0n) is 12.4. The number of methoxy groups -OCH3 is 1. The third kappa shape index (κ3) is 5.14. The number of rotatable bonds is 5. The van der Waals surface area contributed by atoms with Gasteiger partial charge in [-0.2, -0.15) is 0 Å². The Bertz CT molecular complexity index is 408. The van der Waals surface area contributed by atoms with Crippen LogP contribution in [0, 0.1) is 0 Å². The molecule has 1 aliphatic rings. The van der Waals surface area contributed by atoms with Gasteiger partial charge in [-0.05, 0) is 32.9 Å². The molecular formula is C13H24Cl2N4O2. The van der Waals surface area contributed by atoms with Crippen molar-refractivity contribution in [3.63, 3.8) is 0 Å². The molecule has 8 heteroatoms. The largest absolute Gasteiger partial charge is 0.368 e. The summed E-state index contributed by atoms with van der Waals surface area (Å²) in [6, 6.07) is 0.0450. The van der Waals surface area contributed by atoms with E-state index in [0.717, 1.165) is 13.1 Å². The van der Waals surface area contributed by atoms with Crippen LogP contribution < -0.4 is 10.6 Å². The van der Waals surface area contributed by atoms with Gasteiger partial charge in [-0.3, -0.25) is 4.79 Å². The minimum atomic E-state index is -0.672. The smallest absolute Gasteiger partial charge is 0.252 e. The standard InChI is InChI=1S/C13H22N4O2.2ClH/c1-11(9-17-8-7-15-10-17)16-12(18)13(19-2)3-5-14-6-4-13;;/h7-8,10-11,14H,3-6,9H2,1-2H3,(H,16,18);2*1H. The fourth-order valence-electron chi connectivity index (χ4n) is 2.47. The van der Waals surface area contributed by atoms with E-state index in [-0.39, 0.29) is 36.8 Å². The lowest BCUT2D eigenvalue weighted by molar-refractivity contribution is -0.147. The highest BCUT2D eigenvalue weighted by molar-refractivity contribution is 5.86. The minimum Gasteiger partial charge on any atom is -0.368 e. The Balaban J connectivity index is 0.00000200. The van der Waals surface area contributed by atoms with E-state index in [1.54, 1.807) is 19.6 Å². The summed E-state index contributed by atoms with van der Waals surface area (Å²) >= 11 is 0. The first-order valence-corrected chi connectivity index (χ1v) is 6.69. The Hall–Kier alpha value is -0.820. The maximum absolute atomic E-state index is 12.4. The Morgan fingerprint density at radius 2 is 2.14 bits per heavy atom. The van der Waals surface area contributed by atoms with Gasteiger partial charge in [0.25, 0.3) is 5.91 Å². The number of aromatic nitrogens is 2. The molecule has 2 heterocycles. The van der Waals surface area contributed by atoms with Crippen LogP contribution in [0.5, 0.6) is 0 Å². The van der Waals surface area contributed by atoms with Crippen LogP contribution in [-0.4, -0.2) is 47.3 Å². The first-order chi connectivity index (χ1) is 9.16. The number of nitrogens with one attached hydrogen (secondary N) is 2. The molecule has 122 valence electrons. The molecule has 1 aliphatic heterocycles. The predicted molar refractivity (Wildman–Crippen MR) is 86.2 cm³/mol. The molecule has 1 aromatic rings. The third-order valence-electron chi connectivity index (χ3n) is 3.64. The molecule has 0 aliphatic carbocycles. The summed E-state index contributed by atoms with van der Waals surface area (Å²) in [5.74, 6) is -0.0101. The molecular weight excluding hydrogens is 315 g/mol. The van der Waals surface area contributed by atoms with Crippen LogP contribution in [0.25, 0.3) is 0 Å². The molecule has 1 saturated heterocycles. The van der Waals surface area contributed by atoms with Crippen molar-refractivity contribution < 1.29 is 9.53 Å². The molecule has 1 fully saturated rings. The van der Waals surface area contributed by atoms with Crippen LogP contribution in [0.2, 0.25) is 0 Å². The first-order valence-electron chi connectivity index (χ1n) is 6.69. The summed E-state index contributed by atoms with van der Waals surface area (Å²) in [5.41, 5.74) is -0.672. The van der Waals surface area contributed by atoms with Crippen molar-refractivity contribution in [3.05, 3.63) is 18.7 Å². The van der Waals surface area contributed by atoms with Crippen molar-refractivity contribution in [2.75, 3.05) is 20.2 Å². The van der Waals surface area contributed by atoms with Gasteiger partial charge < -0.3 is 19.9 Å². The topological polar surface area (TPSA) is 68.2 Å². The molecule has 0 radical (unpaired) electrons. The van der Waals surface area contributed by atoms with Gasteiger partial charge in [-0.25, -0.2) is 4.98 Å². The molecule has 0 saturated carbocycles.